The Kier molecular flexibility index (Phi) is 5.41. The maximum atomic E-state index is 5.75. The van der Waals surface area contributed by atoms with Crippen LogP contribution in [-0.4, -0.2) is 0 Å². The summed E-state index contributed by atoms with van der Waals surface area (Å²) in [6, 6.07) is 8.48. The van der Waals surface area contributed by atoms with E-state index in [9.17, 15) is 0 Å². The summed E-state index contributed by atoms with van der Waals surface area (Å²) in [5.74, 6) is 1.58. The fourth-order valence-electron chi connectivity index (χ4n) is 3.20. The Bertz CT molecular complexity index is 381. The summed E-state index contributed by atoms with van der Waals surface area (Å²) in [5.41, 5.74) is 13.9. The molecule has 106 valence electrons. The molecule has 1 aliphatic rings. The lowest BCUT2D eigenvalue weighted by molar-refractivity contribution is 0.325. The highest BCUT2D eigenvalue weighted by atomic mass is 14.8. The van der Waals surface area contributed by atoms with E-state index in [1.807, 2.05) is 6.07 Å². The SMILES string of the molecule is C[C@H](CCC1CCCCC1)c1cccc(C(N)N)c1. The van der Waals surface area contributed by atoms with Crippen LogP contribution < -0.4 is 11.5 Å². The third-order valence-corrected chi connectivity index (χ3v) is 4.60. The Balaban J connectivity index is 1.88. The van der Waals surface area contributed by atoms with Gasteiger partial charge in [-0.25, -0.2) is 0 Å². The van der Waals surface area contributed by atoms with Gasteiger partial charge in [-0.05, 0) is 35.8 Å². The Hall–Kier alpha value is -0.860. The molecule has 2 rings (SSSR count). The van der Waals surface area contributed by atoms with Gasteiger partial charge in [0.15, 0.2) is 0 Å². The smallest absolute Gasteiger partial charge is 0.0784 e. The average Bonchev–Trinajstić information content (AvgIpc) is 2.46. The van der Waals surface area contributed by atoms with Crippen molar-refractivity contribution >= 4 is 0 Å². The predicted molar refractivity (Wildman–Crippen MR) is 81.8 cm³/mol. The zero-order chi connectivity index (χ0) is 13.7. The van der Waals surface area contributed by atoms with Crippen LogP contribution in [0.15, 0.2) is 24.3 Å². The van der Waals surface area contributed by atoms with Gasteiger partial charge in [-0.15, -0.1) is 0 Å². The van der Waals surface area contributed by atoms with Gasteiger partial charge in [0.1, 0.15) is 0 Å². The molecule has 0 bridgehead atoms. The van der Waals surface area contributed by atoms with E-state index >= 15 is 0 Å². The second-order valence-corrected chi connectivity index (χ2v) is 6.18. The van der Waals surface area contributed by atoms with Gasteiger partial charge in [-0.2, -0.15) is 0 Å². The van der Waals surface area contributed by atoms with Crippen LogP contribution in [0.2, 0.25) is 0 Å². The lowest BCUT2D eigenvalue weighted by Gasteiger charge is -2.23. The van der Waals surface area contributed by atoms with E-state index in [2.05, 4.69) is 25.1 Å². The van der Waals surface area contributed by atoms with Gasteiger partial charge >= 0.3 is 0 Å². The summed E-state index contributed by atoms with van der Waals surface area (Å²) >= 11 is 0. The molecule has 0 saturated heterocycles. The van der Waals surface area contributed by atoms with Crippen molar-refractivity contribution in [1.82, 2.24) is 0 Å². The van der Waals surface area contributed by atoms with Gasteiger partial charge in [0.25, 0.3) is 0 Å². The minimum atomic E-state index is -0.356. The second kappa shape index (κ2) is 7.06. The van der Waals surface area contributed by atoms with Crippen LogP contribution in [0.4, 0.5) is 0 Å². The molecule has 2 heteroatoms. The monoisotopic (exact) mass is 260 g/mol. The van der Waals surface area contributed by atoms with Crippen molar-refractivity contribution in [1.29, 1.82) is 0 Å². The van der Waals surface area contributed by atoms with Crippen molar-refractivity contribution in [3.63, 3.8) is 0 Å². The van der Waals surface area contributed by atoms with Gasteiger partial charge in [0, 0.05) is 0 Å². The van der Waals surface area contributed by atoms with Crippen LogP contribution in [0.3, 0.4) is 0 Å². The molecule has 0 amide bonds. The van der Waals surface area contributed by atoms with E-state index in [1.54, 1.807) is 0 Å². The molecule has 1 saturated carbocycles. The summed E-state index contributed by atoms with van der Waals surface area (Å²) in [6.07, 6.45) is 9.52. The molecule has 2 nitrogen and oxygen atoms in total. The fraction of sp³-hybridized carbons (Fsp3) is 0.647. The van der Waals surface area contributed by atoms with Crippen molar-refractivity contribution in [2.75, 3.05) is 0 Å². The first kappa shape index (κ1) is 14.5. The van der Waals surface area contributed by atoms with Gasteiger partial charge < -0.3 is 11.5 Å². The zero-order valence-electron chi connectivity index (χ0n) is 12.1. The Morgan fingerprint density at radius 3 is 2.47 bits per heavy atom. The highest BCUT2D eigenvalue weighted by Crippen LogP contribution is 2.31. The molecule has 0 spiro atoms. The molecular weight excluding hydrogens is 232 g/mol. The van der Waals surface area contributed by atoms with Crippen molar-refractivity contribution < 1.29 is 0 Å². The molecule has 0 heterocycles. The summed E-state index contributed by atoms with van der Waals surface area (Å²) in [4.78, 5) is 0. The molecule has 4 N–H and O–H groups in total. The molecular formula is C17H28N2. The van der Waals surface area contributed by atoms with Crippen molar-refractivity contribution in [3.05, 3.63) is 35.4 Å². The quantitative estimate of drug-likeness (QED) is 0.784. The molecule has 1 fully saturated rings. The molecule has 1 aliphatic carbocycles. The normalized spacial score (nSPS) is 18.7. The van der Waals surface area contributed by atoms with Crippen LogP contribution in [-0.2, 0) is 0 Å². The molecule has 19 heavy (non-hydrogen) atoms. The Morgan fingerprint density at radius 1 is 1.11 bits per heavy atom. The fourth-order valence-corrected chi connectivity index (χ4v) is 3.20. The maximum absolute atomic E-state index is 5.75. The average molecular weight is 260 g/mol. The van der Waals surface area contributed by atoms with Crippen LogP contribution in [0.1, 0.15) is 75.1 Å². The lowest BCUT2D eigenvalue weighted by Crippen LogP contribution is -2.20. The molecule has 0 radical (unpaired) electrons. The van der Waals surface area contributed by atoms with Crippen molar-refractivity contribution in [3.8, 4) is 0 Å². The first-order valence-corrected chi connectivity index (χ1v) is 7.78. The minimum absolute atomic E-state index is 0.356. The minimum Gasteiger partial charge on any atom is -0.312 e. The third-order valence-electron chi connectivity index (χ3n) is 4.60. The summed E-state index contributed by atoms with van der Waals surface area (Å²) < 4.78 is 0. The Labute approximate surface area is 117 Å². The third kappa shape index (κ3) is 4.32. The van der Waals surface area contributed by atoms with E-state index in [0.717, 1.165) is 11.5 Å². The van der Waals surface area contributed by atoms with Crippen LogP contribution in [0, 0.1) is 5.92 Å². The number of hydrogen-bond acceptors (Lipinski definition) is 2. The van der Waals surface area contributed by atoms with Gasteiger partial charge in [-0.1, -0.05) is 63.3 Å². The van der Waals surface area contributed by atoms with Crippen LogP contribution >= 0.6 is 0 Å². The topological polar surface area (TPSA) is 52.0 Å². The van der Waals surface area contributed by atoms with Crippen LogP contribution in [0.25, 0.3) is 0 Å². The van der Waals surface area contributed by atoms with Gasteiger partial charge in [0.05, 0.1) is 6.17 Å². The highest BCUT2D eigenvalue weighted by molar-refractivity contribution is 5.27. The zero-order valence-corrected chi connectivity index (χ0v) is 12.1. The molecule has 1 atom stereocenters. The standard InChI is InChI=1S/C17H28N2/c1-13(10-11-14-6-3-2-4-7-14)15-8-5-9-16(12-15)17(18)19/h5,8-9,12-14,17H,2-4,6-7,10-11,18-19H2,1H3/t13-/m1/s1. The highest BCUT2D eigenvalue weighted by Gasteiger charge is 2.15. The van der Waals surface area contributed by atoms with Gasteiger partial charge in [0.2, 0.25) is 0 Å². The summed E-state index contributed by atoms with van der Waals surface area (Å²) in [5, 5.41) is 0. The van der Waals surface area contributed by atoms with E-state index in [-0.39, 0.29) is 6.17 Å². The second-order valence-electron chi connectivity index (χ2n) is 6.18. The molecule has 0 aliphatic heterocycles. The molecule has 0 unspecified atom stereocenters. The lowest BCUT2D eigenvalue weighted by atomic mass is 9.83. The Morgan fingerprint density at radius 2 is 1.79 bits per heavy atom. The maximum Gasteiger partial charge on any atom is 0.0784 e. The molecule has 1 aromatic rings. The van der Waals surface area contributed by atoms with Crippen molar-refractivity contribution in [2.45, 2.75) is 64.0 Å². The molecule has 1 aromatic carbocycles. The van der Waals surface area contributed by atoms with Crippen LogP contribution in [0.5, 0.6) is 0 Å². The number of hydrogen-bond donors (Lipinski definition) is 2. The first-order valence-electron chi connectivity index (χ1n) is 7.78. The van der Waals surface area contributed by atoms with E-state index in [4.69, 9.17) is 11.5 Å². The number of nitrogens with two attached hydrogens (primary N) is 2. The number of benzene rings is 1. The van der Waals surface area contributed by atoms with E-state index in [0.29, 0.717) is 5.92 Å². The van der Waals surface area contributed by atoms with Crippen molar-refractivity contribution in [2.24, 2.45) is 17.4 Å². The molecule has 0 aromatic heterocycles. The predicted octanol–water partition coefficient (Wildman–Crippen LogP) is 4.07. The number of rotatable bonds is 5. The largest absolute Gasteiger partial charge is 0.312 e. The van der Waals surface area contributed by atoms with Gasteiger partial charge in [-0.3, -0.25) is 0 Å². The summed E-state index contributed by atoms with van der Waals surface area (Å²) in [6.45, 7) is 2.32. The van der Waals surface area contributed by atoms with E-state index in [1.165, 1.54) is 50.5 Å². The first-order chi connectivity index (χ1) is 9.16. The summed E-state index contributed by atoms with van der Waals surface area (Å²) in [7, 11) is 0. The van der Waals surface area contributed by atoms with E-state index < -0.39 is 0 Å².